The molecule has 194 valence electrons. The molecule has 8 heteroatoms. The summed E-state index contributed by atoms with van der Waals surface area (Å²) < 4.78 is 22.7. The van der Waals surface area contributed by atoms with Crippen LogP contribution in [0.15, 0.2) is 72.8 Å². The minimum absolute atomic E-state index is 0.0807. The Hall–Kier alpha value is -3.88. The minimum Gasteiger partial charge on any atom is -0.493 e. The molecule has 1 amide bonds. The zero-order chi connectivity index (χ0) is 26.2. The van der Waals surface area contributed by atoms with Crippen LogP contribution >= 0.6 is 0 Å². The number of amides is 1. The number of carboxylic acid groups (broad SMARTS) is 1. The van der Waals surface area contributed by atoms with Crippen molar-refractivity contribution in [2.24, 2.45) is 0 Å². The zero-order valence-corrected chi connectivity index (χ0v) is 21.0. The second-order valence-electron chi connectivity index (χ2n) is 8.69. The van der Waals surface area contributed by atoms with E-state index in [0.29, 0.717) is 30.3 Å². The SMILES string of the molecule is COCCO[C@H](C(=O)N1Cc2ccc(OC)c(OCc3ccccc3)c2C[C@H]1C(=O)O)c1ccccc1. The topological polar surface area (TPSA) is 94.5 Å². The van der Waals surface area contributed by atoms with Gasteiger partial charge >= 0.3 is 5.97 Å². The lowest BCUT2D eigenvalue weighted by Crippen LogP contribution is -2.50. The number of carboxylic acids is 1. The number of fused-ring (bicyclic) bond motifs is 1. The van der Waals surface area contributed by atoms with E-state index in [2.05, 4.69) is 0 Å². The van der Waals surface area contributed by atoms with Crippen LogP contribution in [-0.2, 0) is 38.6 Å². The summed E-state index contributed by atoms with van der Waals surface area (Å²) in [5, 5.41) is 10.1. The maximum Gasteiger partial charge on any atom is 0.326 e. The van der Waals surface area contributed by atoms with E-state index in [1.807, 2.05) is 54.6 Å². The molecule has 0 saturated heterocycles. The van der Waals surface area contributed by atoms with Crippen LogP contribution < -0.4 is 9.47 Å². The molecular weight excluding hydrogens is 474 g/mol. The van der Waals surface area contributed by atoms with Crippen LogP contribution in [0.2, 0.25) is 0 Å². The van der Waals surface area contributed by atoms with Crippen molar-refractivity contribution in [2.75, 3.05) is 27.4 Å². The van der Waals surface area contributed by atoms with Gasteiger partial charge in [-0.15, -0.1) is 0 Å². The molecule has 3 aromatic carbocycles. The molecular formula is C29H31NO7. The molecule has 1 aliphatic heterocycles. The largest absolute Gasteiger partial charge is 0.493 e. The minimum atomic E-state index is -1.10. The number of nitrogens with zero attached hydrogens (tertiary/aromatic N) is 1. The fourth-order valence-electron chi connectivity index (χ4n) is 4.45. The average Bonchev–Trinajstić information content (AvgIpc) is 2.94. The predicted molar refractivity (Wildman–Crippen MR) is 136 cm³/mol. The molecule has 0 spiro atoms. The van der Waals surface area contributed by atoms with E-state index in [4.69, 9.17) is 18.9 Å². The molecule has 37 heavy (non-hydrogen) atoms. The monoisotopic (exact) mass is 505 g/mol. The number of carbonyl (C=O) groups excluding carboxylic acids is 1. The number of hydrogen-bond acceptors (Lipinski definition) is 6. The highest BCUT2D eigenvalue weighted by Crippen LogP contribution is 2.39. The van der Waals surface area contributed by atoms with Crippen LogP contribution in [0.5, 0.6) is 11.5 Å². The summed E-state index contributed by atoms with van der Waals surface area (Å²) in [4.78, 5) is 27.6. The highest BCUT2D eigenvalue weighted by atomic mass is 16.5. The van der Waals surface area contributed by atoms with Crippen LogP contribution in [0.3, 0.4) is 0 Å². The summed E-state index contributed by atoms with van der Waals surface area (Å²) in [5.74, 6) is -0.496. The van der Waals surface area contributed by atoms with Crippen molar-refractivity contribution in [3.05, 3.63) is 95.1 Å². The molecule has 0 aliphatic carbocycles. The lowest BCUT2D eigenvalue weighted by atomic mass is 9.91. The normalized spacial score (nSPS) is 15.5. The van der Waals surface area contributed by atoms with Gasteiger partial charge in [0.1, 0.15) is 12.6 Å². The van der Waals surface area contributed by atoms with Gasteiger partial charge in [0.25, 0.3) is 5.91 Å². The third-order valence-corrected chi connectivity index (χ3v) is 6.35. The predicted octanol–water partition coefficient (Wildman–Crippen LogP) is 4.02. The standard InChI is InChI=1S/C29H31NO7/c1-34-15-16-36-26(21-11-7-4-8-12-21)28(31)30-18-22-13-14-25(35-2)27(23(22)17-24(30)29(32)33)37-19-20-9-5-3-6-10-20/h3-14,24,26H,15-19H2,1-2H3,(H,32,33)/t24-,26-/m0/s1. The van der Waals surface area contributed by atoms with E-state index in [9.17, 15) is 14.7 Å². The van der Waals surface area contributed by atoms with Gasteiger partial charge in [0, 0.05) is 25.6 Å². The Bertz CT molecular complexity index is 1200. The van der Waals surface area contributed by atoms with E-state index in [1.165, 1.54) is 4.90 Å². The highest BCUT2D eigenvalue weighted by Gasteiger charge is 2.40. The lowest BCUT2D eigenvalue weighted by Gasteiger charge is -2.37. The molecule has 0 aromatic heterocycles. The maximum atomic E-state index is 13.8. The average molecular weight is 506 g/mol. The molecule has 0 fully saturated rings. The Balaban J connectivity index is 1.65. The Morgan fingerprint density at radius 1 is 0.973 bits per heavy atom. The van der Waals surface area contributed by atoms with E-state index in [0.717, 1.165) is 16.7 Å². The van der Waals surface area contributed by atoms with Gasteiger partial charge in [0.2, 0.25) is 0 Å². The fourth-order valence-corrected chi connectivity index (χ4v) is 4.45. The molecule has 1 aliphatic rings. The van der Waals surface area contributed by atoms with Crippen molar-refractivity contribution in [1.29, 1.82) is 0 Å². The first kappa shape index (κ1) is 26.2. The van der Waals surface area contributed by atoms with Gasteiger partial charge in [-0.1, -0.05) is 66.7 Å². The first-order valence-electron chi connectivity index (χ1n) is 12.1. The highest BCUT2D eigenvalue weighted by molar-refractivity contribution is 5.88. The number of hydrogen-bond donors (Lipinski definition) is 1. The Kier molecular flexibility index (Phi) is 8.77. The molecule has 3 aromatic rings. The van der Waals surface area contributed by atoms with Gasteiger partial charge in [0.05, 0.1) is 20.3 Å². The van der Waals surface area contributed by atoms with Gasteiger partial charge in [-0.2, -0.15) is 0 Å². The molecule has 0 unspecified atom stereocenters. The second kappa shape index (κ2) is 12.4. The van der Waals surface area contributed by atoms with Crippen LogP contribution in [-0.4, -0.2) is 55.4 Å². The number of benzene rings is 3. The number of carbonyl (C=O) groups is 2. The molecule has 4 rings (SSSR count). The van der Waals surface area contributed by atoms with Crippen molar-refractivity contribution in [1.82, 2.24) is 4.90 Å². The molecule has 0 saturated carbocycles. The quantitative estimate of drug-likeness (QED) is 0.394. The Labute approximate surface area is 216 Å². The second-order valence-corrected chi connectivity index (χ2v) is 8.69. The van der Waals surface area contributed by atoms with Gasteiger partial charge in [-0.25, -0.2) is 4.79 Å². The molecule has 8 nitrogen and oxygen atoms in total. The summed E-state index contributed by atoms with van der Waals surface area (Å²) >= 11 is 0. The van der Waals surface area contributed by atoms with Gasteiger partial charge < -0.3 is 29.0 Å². The number of rotatable bonds is 11. The van der Waals surface area contributed by atoms with Crippen molar-refractivity contribution >= 4 is 11.9 Å². The van der Waals surface area contributed by atoms with Gasteiger partial charge in [-0.3, -0.25) is 4.79 Å². The molecule has 1 N–H and O–H groups in total. The molecule has 0 radical (unpaired) electrons. The van der Waals surface area contributed by atoms with E-state index in [-0.39, 0.29) is 19.6 Å². The number of ether oxygens (including phenoxy) is 4. The third-order valence-electron chi connectivity index (χ3n) is 6.35. The van der Waals surface area contributed by atoms with Crippen LogP contribution in [0.25, 0.3) is 0 Å². The van der Waals surface area contributed by atoms with Crippen molar-refractivity contribution in [3.63, 3.8) is 0 Å². The van der Waals surface area contributed by atoms with Crippen molar-refractivity contribution in [3.8, 4) is 11.5 Å². The molecule has 1 heterocycles. The third kappa shape index (κ3) is 6.10. The van der Waals surface area contributed by atoms with Crippen molar-refractivity contribution < 1.29 is 33.6 Å². The summed E-state index contributed by atoms with van der Waals surface area (Å²) in [6, 6.07) is 21.3. The molecule has 2 atom stereocenters. The Morgan fingerprint density at radius 3 is 2.32 bits per heavy atom. The number of methoxy groups -OCH3 is 2. The first-order chi connectivity index (χ1) is 18.0. The molecule has 0 bridgehead atoms. The lowest BCUT2D eigenvalue weighted by molar-refractivity contribution is -0.158. The summed E-state index contributed by atoms with van der Waals surface area (Å²) in [5.41, 5.74) is 3.16. The van der Waals surface area contributed by atoms with E-state index >= 15 is 0 Å². The van der Waals surface area contributed by atoms with Crippen LogP contribution in [0.4, 0.5) is 0 Å². The smallest absolute Gasteiger partial charge is 0.326 e. The van der Waals surface area contributed by atoms with Crippen LogP contribution in [0, 0.1) is 0 Å². The Morgan fingerprint density at radius 2 is 1.68 bits per heavy atom. The van der Waals surface area contributed by atoms with Crippen molar-refractivity contribution in [2.45, 2.75) is 31.7 Å². The zero-order valence-electron chi connectivity index (χ0n) is 21.0. The summed E-state index contributed by atoms with van der Waals surface area (Å²) in [6.07, 6.45) is -0.871. The fraction of sp³-hybridized carbons (Fsp3) is 0.310. The summed E-state index contributed by atoms with van der Waals surface area (Å²) in [7, 11) is 3.10. The van der Waals surface area contributed by atoms with E-state index in [1.54, 1.807) is 32.4 Å². The maximum absolute atomic E-state index is 13.8. The number of aliphatic carboxylic acids is 1. The summed E-state index contributed by atoms with van der Waals surface area (Å²) in [6.45, 7) is 0.910. The van der Waals surface area contributed by atoms with Gasteiger partial charge in [0.15, 0.2) is 17.6 Å². The first-order valence-corrected chi connectivity index (χ1v) is 12.1. The van der Waals surface area contributed by atoms with E-state index < -0.39 is 24.0 Å². The van der Waals surface area contributed by atoms with Gasteiger partial charge in [-0.05, 0) is 22.8 Å². The van der Waals surface area contributed by atoms with Crippen LogP contribution in [0.1, 0.15) is 28.4 Å².